The first-order chi connectivity index (χ1) is 24.5. The van der Waals surface area contributed by atoms with E-state index in [1.165, 1.54) is 0 Å². The summed E-state index contributed by atoms with van der Waals surface area (Å²) in [6.07, 6.45) is 2.97. The zero-order chi connectivity index (χ0) is 37.1. The largest absolute Gasteiger partial charge is 0.366 e. The van der Waals surface area contributed by atoms with E-state index in [4.69, 9.17) is 10.8 Å². The van der Waals surface area contributed by atoms with Crippen LogP contribution in [0, 0.1) is 24.7 Å². The van der Waals surface area contributed by atoms with Crippen molar-refractivity contribution in [2.24, 2.45) is 16.6 Å². The van der Waals surface area contributed by atoms with Crippen molar-refractivity contribution in [1.29, 1.82) is 0 Å². The number of primary amides is 1. The lowest BCUT2D eigenvalue weighted by atomic mass is 9.59. The van der Waals surface area contributed by atoms with Gasteiger partial charge in [0, 0.05) is 69.1 Å². The minimum atomic E-state index is -0.883. The third kappa shape index (κ3) is 4.65. The topological polar surface area (TPSA) is 150 Å². The highest BCUT2D eigenvalue weighted by Gasteiger charge is 2.53. The fraction of sp³-hybridized carbons (Fsp3) is 0.405. The second-order valence-electron chi connectivity index (χ2n) is 17.0. The van der Waals surface area contributed by atoms with Crippen molar-refractivity contribution in [2.45, 2.75) is 98.3 Å². The van der Waals surface area contributed by atoms with Crippen LogP contribution in [0.1, 0.15) is 118 Å². The van der Waals surface area contributed by atoms with Crippen LogP contribution in [-0.2, 0) is 20.4 Å². The van der Waals surface area contributed by atoms with Gasteiger partial charge >= 0.3 is 0 Å². The maximum absolute atomic E-state index is 14.5. The van der Waals surface area contributed by atoms with Crippen LogP contribution >= 0.6 is 0 Å². The molecular formula is C42H47N7O3. The number of ketones is 2. The molecule has 0 fully saturated rings. The van der Waals surface area contributed by atoms with Gasteiger partial charge in [0.25, 0.3) is 0 Å². The molecule has 4 aromatic rings. The van der Waals surface area contributed by atoms with Crippen LogP contribution in [0.5, 0.6) is 0 Å². The van der Waals surface area contributed by atoms with Gasteiger partial charge in [-0.1, -0.05) is 58.9 Å². The number of allylic oxidation sites excluding steroid dienone is 4. The Morgan fingerprint density at radius 3 is 2.12 bits per heavy atom. The summed E-state index contributed by atoms with van der Waals surface area (Å²) in [5, 5.41) is 19.5. The van der Waals surface area contributed by atoms with E-state index in [9.17, 15) is 14.4 Å². The lowest BCUT2D eigenvalue weighted by molar-refractivity contribution is -0.119. The number of aromatic nitrogens is 4. The molecule has 268 valence electrons. The maximum atomic E-state index is 14.5. The van der Waals surface area contributed by atoms with Crippen LogP contribution in [0.3, 0.4) is 0 Å². The highest BCUT2D eigenvalue weighted by molar-refractivity contribution is 6.05. The maximum Gasteiger partial charge on any atom is 0.248 e. The third-order valence-corrected chi connectivity index (χ3v) is 12.1. The first-order valence-corrected chi connectivity index (χ1v) is 18.2. The fourth-order valence-corrected chi connectivity index (χ4v) is 10.0. The second kappa shape index (κ2) is 11.1. The van der Waals surface area contributed by atoms with E-state index >= 15 is 0 Å². The number of hydrogen-bond donors (Lipinski definition) is 4. The molecular weight excluding hydrogens is 651 g/mol. The molecule has 2 aromatic carbocycles. The second-order valence-corrected chi connectivity index (χ2v) is 17.0. The van der Waals surface area contributed by atoms with E-state index in [1.54, 1.807) is 6.07 Å². The Morgan fingerprint density at radius 2 is 1.44 bits per heavy atom. The van der Waals surface area contributed by atoms with Gasteiger partial charge in [0.2, 0.25) is 5.91 Å². The molecule has 2 aliphatic heterocycles. The number of fused-ring (bicyclic) bond motifs is 2. The molecule has 2 unspecified atom stereocenters. The van der Waals surface area contributed by atoms with Crippen molar-refractivity contribution in [1.82, 2.24) is 20.4 Å². The number of anilines is 3. The summed E-state index contributed by atoms with van der Waals surface area (Å²) >= 11 is 0. The molecule has 0 saturated carbocycles. The standard InChI is InChI=1S/C42H47N7O3/c1-9-42(32-22(2)45-47-37(32)44-28-18-39(4,5)20-30(50)34(28)42)25-13-15-27(16-14-25)49-29-19-40(6,7)21-31(51)35(29)41(8,33-23(3)46-48-38(33)49)26-12-10-11-24(17-26)36(43)52/h10-17H,9,18-21H2,1-8H3,(H2,43,52)(H,46,48)(H2,44,45,47). The van der Waals surface area contributed by atoms with E-state index < -0.39 is 16.7 Å². The van der Waals surface area contributed by atoms with Crippen molar-refractivity contribution >= 4 is 34.8 Å². The van der Waals surface area contributed by atoms with Crippen LogP contribution in [0.4, 0.5) is 17.3 Å². The number of nitrogens with zero attached hydrogens (tertiary/aromatic N) is 3. The zero-order valence-corrected chi connectivity index (χ0v) is 31.3. The Balaban J connectivity index is 1.33. The number of carbonyl (C=O) groups is 3. The Morgan fingerprint density at radius 1 is 0.808 bits per heavy atom. The number of Topliss-reactive ketones (excluding diaryl/α,β-unsaturated/α-hetero) is 2. The summed E-state index contributed by atoms with van der Waals surface area (Å²) < 4.78 is 0. The quantitative estimate of drug-likeness (QED) is 0.167. The molecule has 10 heteroatoms. The van der Waals surface area contributed by atoms with Gasteiger partial charge in [-0.25, -0.2) is 0 Å². The first-order valence-electron chi connectivity index (χ1n) is 18.2. The smallest absolute Gasteiger partial charge is 0.248 e. The van der Waals surface area contributed by atoms with Crippen molar-refractivity contribution in [3.63, 3.8) is 0 Å². The average molecular weight is 698 g/mol. The summed E-state index contributed by atoms with van der Waals surface area (Å²) in [6, 6.07) is 15.8. The number of amides is 1. The van der Waals surface area contributed by atoms with Gasteiger partial charge in [0.05, 0.1) is 10.8 Å². The number of aryl methyl sites for hydroxylation is 2. The van der Waals surface area contributed by atoms with Crippen LogP contribution in [0.2, 0.25) is 0 Å². The Hall–Kier alpha value is -5.25. The van der Waals surface area contributed by atoms with Gasteiger partial charge in [-0.05, 0) is 86.3 Å². The Bertz CT molecular complexity index is 2280. The molecule has 0 bridgehead atoms. The molecule has 10 nitrogen and oxygen atoms in total. The molecule has 5 N–H and O–H groups in total. The molecule has 0 saturated heterocycles. The predicted molar refractivity (Wildman–Crippen MR) is 201 cm³/mol. The number of carbonyl (C=O) groups excluding carboxylic acids is 3. The van der Waals surface area contributed by atoms with Crippen molar-refractivity contribution < 1.29 is 14.4 Å². The minimum Gasteiger partial charge on any atom is -0.366 e. The van der Waals surface area contributed by atoms with E-state index in [1.807, 2.05) is 32.0 Å². The number of rotatable bonds is 5. The van der Waals surface area contributed by atoms with Gasteiger partial charge in [-0.15, -0.1) is 0 Å². The number of hydrogen-bond acceptors (Lipinski definition) is 7. The van der Waals surface area contributed by atoms with Gasteiger partial charge in [-0.2, -0.15) is 10.2 Å². The summed E-state index contributed by atoms with van der Waals surface area (Å²) in [5.74, 6) is 1.22. The van der Waals surface area contributed by atoms with Crippen LogP contribution in [0.25, 0.3) is 0 Å². The zero-order valence-electron chi connectivity index (χ0n) is 31.3. The number of H-pyrrole nitrogens is 2. The SMILES string of the molecule is CCC1(c2ccc(N3C4=C(C(=O)CC(C)(C)C4)C(C)(c4cccc(C(N)=O)c4)c4c3n[nH]c4C)cc2)C2=C(CC(C)(C)CC2=O)Nc2n[nH]c(C)c21. The van der Waals surface area contributed by atoms with Crippen LogP contribution in [-0.4, -0.2) is 37.9 Å². The van der Waals surface area contributed by atoms with Gasteiger partial charge in [0.15, 0.2) is 23.2 Å². The van der Waals surface area contributed by atoms with E-state index in [0.717, 1.165) is 74.4 Å². The molecule has 2 aromatic heterocycles. The van der Waals surface area contributed by atoms with Crippen LogP contribution in [0.15, 0.2) is 71.1 Å². The van der Waals surface area contributed by atoms with Crippen molar-refractivity contribution in [3.05, 3.63) is 110 Å². The molecule has 8 rings (SSSR count). The number of nitrogens with two attached hydrogens (primary N) is 1. The molecule has 2 aliphatic carbocycles. The molecule has 0 spiro atoms. The van der Waals surface area contributed by atoms with Crippen LogP contribution < -0.4 is 16.0 Å². The van der Waals surface area contributed by atoms with E-state index in [-0.39, 0.29) is 22.4 Å². The van der Waals surface area contributed by atoms with Gasteiger partial charge < -0.3 is 11.1 Å². The normalized spacial score (nSPS) is 24.6. The van der Waals surface area contributed by atoms with Crippen molar-refractivity contribution in [2.75, 3.05) is 10.2 Å². The molecule has 2 atom stereocenters. The summed E-state index contributed by atoms with van der Waals surface area (Å²) in [5.41, 5.74) is 13.9. The molecule has 52 heavy (non-hydrogen) atoms. The highest BCUT2D eigenvalue weighted by Crippen LogP contribution is 2.58. The summed E-state index contributed by atoms with van der Waals surface area (Å²) in [4.78, 5) is 43.1. The average Bonchev–Trinajstić information content (AvgIpc) is 3.65. The van der Waals surface area contributed by atoms with Gasteiger partial charge in [0.1, 0.15) is 0 Å². The highest BCUT2D eigenvalue weighted by atomic mass is 16.1. The first kappa shape index (κ1) is 33.9. The Labute approximate surface area is 304 Å². The van der Waals surface area contributed by atoms with Gasteiger partial charge in [-0.3, -0.25) is 29.5 Å². The molecule has 4 heterocycles. The number of aromatic amines is 2. The monoisotopic (exact) mass is 697 g/mol. The number of benzene rings is 2. The number of nitrogens with one attached hydrogen (secondary N) is 3. The Kier molecular flexibility index (Phi) is 7.25. The van der Waals surface area contributed by atoms with E-state index in [2.05, 4.69) is 91.3 Å². The summed E-state index contributed by atoms with van der Waals surface area (Å²) in [7, 11) is 0. The molecule has 0 radical (unpaired) electrons. The van der Waals surface area contributed by atoms with Crippen molar-refractivity contribution in [3.8, 4) is 0 Å². The predicted octanol–water partition coefficient (Wildman–Crippen LogP) is 7.71. The lowest BCUT2D eigenvalue weighted by Gasteiger charge is -2.48. The minimum absolute atomic E-state index is 0.0758. The fourth-order valence-electron chi connectivity index (χ4n) is 10.0. The van der Waals surface area contributed by atoms with E-state index in [0.29, 0.717) is 36.8 Å². The lowest BCUT2D eigenvalue weighted by Crippen LogP contribution is -2.45. The molecule has 4 aliphatic rings. The summed E-state index contributed by atoms with van der Waals surface area (Å²) in [6.45, 7) is 16.8. The third-order valence-electron chi connectivity index (χ3n) is 12.1. The molecule has 1 amide bonds.